The van der Waals surface area contributed by atoms with Gasteiger partial charge in [-0.1, -0.05) is 31.0 Å². The van der Waals surface area contributed by atoms with Gasteiger partial charge in [0, 0.05) is 21.7 Å². The molecule has 5 nitrogen and oxygen atoms in total. The molecule has 0 radical (unpaired) electrons. The van der Waals surface area contributed by atoms with Gasteiger partial charge in [-0.3, -0.25) is 14.2 Å². The number of carbonyl (C=O) groups excluding carboxylic acids is 1. The van der Waals surface area contributed by atoms with Gasteiger partial charge in [-0.2, -0.15) is 0 Å². The lowest BCUT2D eigenvalue weighted by atomic mass is 9.92. The second-order valence-corrected chi connectivity index (χ2v) is 6.97. The number of carboxylic acid groups (broad SMARTS) is 1. The summed E-state index contributed by atoms with van der Waals surface area (Å²) in [7, 11) is 0. The molecule has 0 aliphatic rings. The molecule has 6 heteroatoms. The van der Waals surface area contributed by atoms with Crippen molar-refractivity contribution < 1.29 is 19.8 Å². The molecule has 1 unspecified atom stereocenters. The Morgan fingerprint density at radius 2 is 1.93 bits per heavy atom. The normalized spacial score (nSPS) is 12.3. The number of benzene rings is 2. The van der Waals surface area contributed by atoms with E-state index in [1.54, 1.807) is 37.3 Å². The van der Waals surface area contributed by atoms with Crippen LogP contribution in [0.5, 0.6) is 5.75 Å². The number of hydrogen-bond donors (Lipinski definition) is 2. The number of aliphatic carboxylic acids is 1. The summed E-state index contributed by atoms with van der Waals surface area (Å²) in [4.78, 5) is 25.1. The van der Waals surface area contributed by atoms with Gasteiger partial charge >= 0.3 is 5.97 Å². The summed E-state index contributed by atoms with van der Waals surface area (Å²) in [6.45, 7) is 3.65. The Labute approximate surface area is 161 Å². The molecule has 0 aliphatic heterocycles. The number of hydrogen-bond acceptors (Lipinski definition) is 3. The van der Waals surface area contributed by atoms with Crippen LogP contribution in [0.25, 0.3) is 10.9 Å². The molecule has 0 saturated carbocycles. The molecule has 3 rings (SSSR count). The lowest BCUT2D eigenvalue weighted by molar-refractivity contribution is -0.139. The molecule has 2 N–H and O–H groups in total. The lowest BCUT2D eigenvalue weighted by Gasteiger charge is -2.13. The van der Waals surface area contributed by atoms with Gasteiger partial charge in [0.1, 0.15) is 5.75 Å². The van der Waals surface area contributed by atoms with Crippen molar-refractivity contribution in [3.05, 3.63) is 64.3 Å². The Hall–Kier alpha value is -2.79. The summed E-state index contributed by atoms with van der Waals surface area (Å²) >= 11 is 6.02. The van der Waals surface area contributed by atoms with Crippen molar-refractivity contribution in [2.24, 2.45) is 0 Å². The number of rotatable bonds is 5. The molecule has 0 bridgehead atoms. The van der Waals surface area contributed by atoms with E-state index in [9.17, 15) is 19.8 Å². The van der Waals surface area contributed by atoms with Crippen LogP contribution in [0.1, 0.15) is 47.3 Å². The Balaban J connectivity index is 2.29. The first-order chi connectivity index (χ1) is 12.8. The van der Waals surface area contributed by atoms with Crippen LogP contribution in [-0.2, 0) is 4.79 Å². The fraction of sp³-hybridized carbons (Fsp3) is 0.238. The van der Waals surface area contributed by atoms with E-state index >= 15 is 0 Å². The number of phenolic OH excluding ortho intramolecular Hbond substituents is 1. The first-order valence-corrected chi connectivity index (χ1v) is 9.10. The van der Waals surface area contributed by atoms with E-state index in [0.29, 0.717) is 45.6 Å². The van der Waals surface area contributed by atoms with E-state index < -0.39 is 11.9 Å². The summed E-state index contributed by atoms with van der Waals surface area (Å²) < 4.78 is 1.50. The fourth-order valence-corrected chi connectivity index (χ4v) is 3.75. The largest absolute Gasteiger partial charge is 0.508 e. The molecule has 0 saturated heterocycles. The van der Waals surface area contributed by atoms with Gasteiger partial charge in [0.05, 0.1) is 11.4 Å². The Kier molecular flexibility index (Phi) is 5.24. The topological polar surface area (TPSA) is 79.5 Å². The highest BCUT2D eigenvalue weighted by atomic mass is 35.5. The van der Waals surface area contributed by atoms with E-state index in [1.165, 1.54) is 16.7 Å². The molecule has 0 amide bonds. The van der Waals surface area contributed by atoms with Gasteiger partial charge < -0.3 is 10.2 Å². The van der Waals surface area contributed by atoms with Crippen molar-refractivity contribution >= 4 is 34.4 Å². The molecular weight excluding hydrogens is 366 g/mol. The van der Waals surface area contributed by atoms with Crippen LogP contribution in [0.3, 0.4) is 0 Å². The van der Waals surface area contributed by atoms with Crippen LogP contribution >= 0.6 is 11.6 Å². The number of phenols is 1. The molecule has 1 aromatic heterocycles. The average molecular weight is 386 g/mol. The minimum Gasteiger partial charge on any atom is -0.508 e. The third-order valence-corrected chi connectivity index (χ3v) is 4.97. The molecule has 140 valence electrons. The van der Waals surface area contributed by atoms with Crippen LogP contribution in [-0.4, -0.2) is 26.7 Å². The number of aromatic hydroxyl groups is 1. The highest BCUT2D eigenvalue weighted by molar-refractivity contribution is 6.31. The zero-order valence-corrected chi connectivity index (χ0v) is 15.8. The van der Waals surface area contributed by atoms with Gasteiger partial charge in [0.15, 0.2) is 0 Å². The monoisotopic (exact) mass is 385 g/mol. The number of halogens is 1. The zero-order valence-electron chi connectivity index (χ0n) is 15.1. The number of carbonyl (C=O) groups is 2. The number of nitrogens with zero attached hydrogens (tertiary/aromatic N) is 1. The standard InChI is InChI=1S/C21H20ClNO4/c1-3-5-16(21(26)27)19-12(2)23(18-9-8-15(24)11-17(18)19)20(25)13-6-4-7-14(22)10-13/h4,6-11,16,24H,3,5H2,1-2H3,(H,26,27). The van der Waals surface area contributed by atoms with Gasteiger partial charge in [-0.15, -0.1) is 0 Å². The van der Waals surface area contributed by atoms with Crippen molar-refractivity contribution in [2.45, 2.75) is 32.6 Å². The third kappa shape index (κ3) is 3.43. The molecule has 0 fully saturated rings. The van der Waals surface area contributed by atoms with Gasteiger partial charge in [-0.25, -0.2) is 0 Å². The van der Waals surface area contributed by atoms with Gasteiger partial charge in [0.25, 0.3) is 5.91 Å². The molecule has 2 aromatic carbocycles. The second-order valence-electron chi connectivity index (χ2n) is 6.53. The van der Waals surface area contributed by atoms with Crippen molar-refractivity contribution in [1.82, 2.24) is 4.57 Å². The maximum Gasteiger partial charge on any atom is 0.311 e. The summed E-state index contributed by atoms with van der Waals surface area (Å²) in [5.74, 6) is -1.97. The minimum absolute atomic E-state index is 0.0248. The fourth-order valence-electron chi connectivity index (χ4n) is 3.56. The van der Waals surface area contributed by atoms with Crippen LogP contribution < -0.4 is 0 Å². The van der Waals surface area contributed by atoms with E-state index in [2.05, 4.69) is 0 Å². The van der Waals surface area contributed by atoms with E-state index in [4.69, 9.17) is 11.6 Å². The smallest absolute Gasteiger partial charge is 0.311 e. The van der Waals surface area contributed by atoms with E-state index in [1.807, 2.05) is 6.92 Å². The molecule has 0 aliphatic carbocycles. The number of carboxylic acids is 1. The summed E-state index contributed by atoms with van der Waals surface area (Å²) in [5, 5.41) is 20.7. The maximum absolute atomic E-state index is 13.2. The van der Waals surface area contributed by atoms with Crippen LogP contribution in [0.4, 0.5) is 0 Å². The van der Waals surface area contributed by atoms with Crippen LogP contribution in [0.15, 0.2) is 42.5 Å². The first-order valence-electron chi connectivity index (χ1n) is 8.72. The number of fused-ring (bicyclic) bond motifs is 1. The quantitative estimate of drug-likeness (QED) is 0.650. The third-order valence-electron chi connectivity index (χ3n) is 4.73. The molecular formula is C21H20ClNO4. The maximum atomic E-state index is 13.2. The molecule has 1 atom stereocenters. The summed E-state index contributed by atoms with van der Waals surface area (Å²) in [6.07, 6.45) is 1.13. The second kappa shape index (κ2) is 7.45. The zero-order chi connectivity index (χ0) is 19.7. The first kappa shape index (κ1) is 19.0. The van der Waals surface area contributed by atoms with Crippen LogP contribution in [0.2, 0.25) is 5.02 Å². The molecule has 3 aromatic rings. The lowest BCUT2D eigenvalue weighted by Crippen LogP contribution is -2.16. The van der Waals surface area contributed by atoms with Crippen molar-refractivity contribution in [1.29, 1.82) is 0 Å². The Morgan fingerprint density at radius 1 is 1.19 bits per heavy atom. The predicted octanol–water partition coefficient (Wildman–Crippen LogP) is 4.97. The number of aromatic nitrogens is 1. The Bertz CT molecular complexity index is 1040. The van der Waals surface area contributed by atoms with Gasteiger partial charge in [-0.05, 0) is 55.3 Å². The van der Waals surface area contributed by atoms with E-state index in [-0.39, 0.29) is 11.7 Å². The van der Waals surface area contributed by atoms with Gasteiger partial charge in [0.2, 0.25) is 0 Å². The highest BCUT2D eigenvalue weighted by Crippen LogP contribution is 2.36. The predicted molar refractivity (Wildman–Crippen MR) is 105 cm³/mol. The SMILES string of the molecule is CCCC(C(=O)O)c1c(C)n(C(=O)c2cccc(Cl)c2)c2ccc(O)cc12. The van der Waals surface area contributed by atoms with Crippen molar-refractivity contribution in [3.63, 3.8) is 0 Å². The van der Waals surface area contributed by atoms with Crippen LogP contribution in [0, 0.1) is 6.92 Å². The molecule has 1 heterocycles. The summed E-state index contributed by atoms with van der Waals surface area (Å²) in [5.41, 5.74) is 2.09. The highest BCUT2D eigenvalue weighted by Gasteiger charge is 2.29. The summed E-state index contributed by atoms with van der Waals surface area (Å²) in [6, 6.07) is 11.3. The average Bonchev–Trinajstić information content (AvgIpc) is 2.90. The van der Waals surface area contributed by atoms with E-state index in [0.717, 1.165) is 0 Å². The molecule has 27 heavy (non-hydrogen) atoms. The minimum atomic E-state index is -0.947. The Morgan fingerprint density at radius 3 is 2.56 bits per heavy atom. The van der Waals surface area contributed by atoms with Crippen molar-refractivity contribution in [3.8, 4) is 5.75 Å². The molecule has 0 spiro atoms. The van der Waals surface area contributed by atoms with Crippen molar-refractivity contribution in [2.75, 3.05) is 0 Å².